The number of benzene rings is 4. The van der Waals surface area contributed by atoms with Crippen molar-refractivity contribution in [2.45, 2.75) is 46.3 Å². The summed E-state index contributed by atoms with van der Waals surface area (Å²) >= 11 is 36.8. The molecule has 0 aromatic heterocycles. The Kier molecular flexibility index (Phi) is 17.7. The minimum atomic E-state index is -1.17. The third-order valence-electron chi connectivity index (χ3n) is 6.97. The van der Waals surface area contributed by atoms with E-state index in [9.17, 15) is 24.0 Å². The number of carbonyl (C=O) groups excluding carboxylic acids is 3. The van der Waals surface area contributed by atoms with Crippen LogP contribution in [0.15, 0.2) is 60.7 Å². The molecular formula is C37H33Cl6N3O9. The summed E-state index contributed by atoms with van der Waals surface area (Å²) in [6, 6.07) is 15.7. The monoisotopic (exact) mass is 873 g/mol. The first-order valence-electron chi connectivity index (χ1n) is 16.1. The van der Waals surface area contributed by atoms with Crippen LogP contribution in [0.1, 0.15) is 53.7 Å². The second-order valence-corrected chi connectivity index (χ2v) is 13.9. The Bertz CT molecular complexity index is 2030. The van der Waals surface area contributed by atoms with E-state index in [2.05, 4.69) is 16.0 Å². The number of anilines is 2. The molecule has 0 atom stereocenters. The fourth-order valence-electron chi connectivity index (χ4n) is 4.54. The van der Waals surface area contributed by atoms with Crippen LogP contribution in [0.4, 0.5) is 11.4 Å². The predicted molar refractivity (Wildman–Crippen MR) is 214 cm³/mol. The van der Waals surface area contributed by atoms with Crippen LogP contribution in [0.25, 0.3) is 0 Å². The number of carboxylic acids is 2. The number of ether oxygens (including phenoxy) is 2. The van der Waals surface area contributed by atoms with E-state index in [0.717, 1.165) is 0 Å². The van der Waals surface area contributed by atoms with Gasteiger partial charge < -0.3 is 35.6 Å². The van der Waals surface area contributed by atoms with Crippen molar-refractivity contribution in [2.24, 2.45) is 0 Å². The quantitative estimate of drug-likeness (QED) is 0.0777. The van der Waals surface area contributed by atoms with Gasteiger partial charge in [0.2, 0.25) is 11.8 Å². The zero-order chi connectivity index (χ0) is 40.8. The van der Waals surface area contributed by atoms with E-state index >= 15 is 0 Å². The van der Waals surface area contributed by atoms with E-state index in [1.165, 1.54) is 24.3 Å². The first kappa shape index (κ1) is 45.0. The molecule has 0 saturated carbocycles. The second kappa shape index (κ2) is 21.6. The molecule has 0 radical (unpaired) electrons. The molecule has 4 aromatic carbocycles. The Morgan fingerprint density at radius 2 is 0.982 bits per heavy atom. The molecule has 292 valence electrons. The molecule has 0 aliphatic heterocycles. The number of aliphatic carboxylic acids is 2. The van der Waals surface area contributed by atoms with Gasteiger partial charge in [-0.25, -0.2) is 0 Å². The molecule has 55 heavy (non-hydrogen) atoms. The fraction of sp³-hybridized carbons (Fsp3) is 0.216. The molecular weight excluding hydrogens is 843 g/mol. The van der Waals surface area contributed by atoms with Crippen molar-refractivity contribution in [3.05, 3.63) is 113 Å². The van der Waals surface area contributed by atoms with Crippen LogP contribution in [0.2, 0.25) is 30.1 Å². The van der Waals surface area contributed by atoms with Crippen molar-refractivity contribution in [3.8, 4) is 11.5 Å². The number of hydrogen-bond donors (Lipinski definition) is 5. The molecule has 0 aliphatic carbocycles. The standard InChI is InChI=1S/C19H17Cl3N2O5.C18H16Cl3NO4/c1-2-16(25)24-13-4-10(3-12(20)7-13)9-29-18-14(21)5-11(6-15(18)22)19(28)23-8-17(26)27;1-2-16(23)22-13-4-11(3-12(19)8-13)9-26-18-14(20)5-10(6-15(18)21)7-17(24)25/h3-7H,2,8-9H2,1H3,(H,23,28)(H,24,25)(H,26,27);3-6,8H,2,7,9H2,1H3,(H,22,23)(H,24,25). The van der Waals surface area contributed by atoms with Crippen LogP contribution in [0, 0.1) is 0 Å². The Balaban J connectivity index is 0.000000297. The summed E-state index contributed by atoms with van der Waals surface area (Å²) in [5, 5.41) is 26.6. The lowest BCUT2D eigenvalue weighted by Crippen LogP contribution is -2.29. The molecule has 0 heterocycles. The highest BCUT2D eigenvalue weighted by Gasteiger charge is 2.16. The number of nitrogens with one attached hydrogen (secondary N) is 3. The Labute approximate surface area is 345 Å². The fourth-order valence-corrected chi connectivity index (χ4v) is 6.29. The maximum atomic E-state index is 12.0. The number of amides is 3. The largest absolute Gasteiger partial charge is 0.486 e. The van der Waals surface area contributed by atoms with Crippen molar-refractivity contribution < 1.29 is 43.7 Å². The van der Waals surface area contributed by atoms with Crippen LogP contribution < -0.4 is 25.4 Å². The molecule has 12 nitrogen and oxygen atoms in total. The lowest BCUT2D eigenvalue weighted by Gasteiger charge is -2.13. The average molecular weight is 876 g/mol. The average Bonchev–Trinajstić information content (AvgIpc) is 3.09. The van der Waals surface area contributed by atoms with Crippen molar-refractivity contribution in [2.75, 3.05) is 17.2 Å². The molecule has 5 N–H and O–H groups in total. The number of rotatable bonds is 15. The SMILES string of the molecule is CCC(=O)Nc1cc(Cl)cc(COc2c(Cl)cc(C(=O)NCC(=O)O)cc2Cl)c1.CCC(=O)Nc1cc(Cl)cc(COc2c(Cl)cc(CC(=O)O)cc2Cl)c1. The van der Waals surface area contributed by atoms with Crippen molar-refractivity contribution >= 4 is 111 Å². The summed E-state index contributed by atoms with van der Waals surface area (Å²) in [5.74, 6) is -2.66. The Morgan fingerprint density at radius 1 is 0.564 bits per heavy atom. The molecule has 3 amide bonds. The molecule has 0 saturated heterocycles. The summed E-state index contributed by atoms with van der Waals surface area (Å²) in [7, 11) is 0. The van der Waals surface area contributed by atoms with Gasteiger partial charge in [0.15, 0.2) is 11.5 Å². The molecule has 18 heteroatoms. The normalized spacial score (nSPS) is 10.4. The number of hydrogen-bond acceptors (Lipinski definition) is 7. The van der Waals surface area contributed by atoms with Gasteiger partial charge in [-0.05, 0) is 77.4 Å². The first-order valence-corrected chi connectivity index (χ1v) is 18.4. The zero-order valence-corrected chi connectivity index (χ0v) is 33.6. The van der Waals surface area contributed by atoms with Gasteiger partial charge in [0.1, 0.15) is 19.8 Å². The lowest BCUT2D eigenvalue weighted by molar-refractivity contribution is -0.137. The van der Waals surface area contributed by atoms with Crippen LogP contribution in [0.3, 0.4) is 0 Å². The van der Waals surface area contributed by atoms with Crippen LogP contribution in [0.5, 0.6) is 11.5 Å². The van der Waals surface area contributed by atoms with E-state index in [1.807, 2.05) is 0 Å². The maximum Gasteiger partial charge on any atom is 0.322 e. The molecule has 0 aliphatic rings. The van der Waals surface area contributed by atoms with E-state index < -0.39 is 24.4 Å². The van der Waals surface area contributed by atoms with Gasteiger partial charge in [-0.2, -0.15) is 0 Å². The minimum absolute atomic E-state index is 0.0551. The third-order valence-corrected chi connectivity index (χ3v) is 8.52. The van der Waals surface area contributed by atoms with Gasteiger partial charge in [-0.3, -0.25) is 24.0 Å². The van der Waals surface area contributed by atoms with E-state index in [1.54, 1.807) is 50.2 Å². The summed E-state index contributed by atoms with van der Waals surface area (Å²) in [6.45, 7) is 3.13. The Hall–Kier alpha value is -4.43. The van der Waals surface area contributed by atoms with Gasteiger partial charge in [-0.1, -0.05) is 83.5 Å². The van der Waals surface area contributed by atoms with Crippen molar-refractivity contribution in [1.29, 1.82) is 0 Å². The molecule has 0 spiro atoms. The molecule has 0 unspecified atom stereocenters. The molecule has 4 aromatic rings. The first-order chi connectivity index (χ1) is 26.0. The van der Waals surface area contributed by atoms with Gasteiger partial charge >= 0.3 is 11.9 Å². The topological polar surface area (TPSA) is 180 Å². The maximum absolute atomic E-state index is 12.0. The summed E-state index contributed by atoms with van der Waals surface area (Å²) in [5.41, 5.74) is 3.06. The van der Waals surface area contributed by atoms with Crippen molar-refractivity contribution in [1.82, 2.24) is 5.32 Å². The molecule has 0 fully saturated rings. The van der Waals surface area contributed by atoms with Crippen LogP contribution >= 0.6 is 69.6 Å². The highest BCUT2D eigenvalue weighted by Crippen LogP contribution is 2.36. The number of carboxylic acid groups (broad SMARTS) is 2. The smallest absolute Gasteiger partial charge is 0.322 e. The third kappa shape index (κ3) is 15.0. The van der Waals surface area contributed by atoms with Gasteiger partial charge in [0.25, 0.3) is 5.91 Å². The highest BCUT2D eigenvalue weighted by molar-refractivity contribution is 6.38. The van der Waals surface area contributed by atoms with Crippen LogP contribution in [-0.2, 0) is 38.8 Å². The minimum Gasteiger partial charge on any atom is -0.486 e. The predicted octanol–water partition coefficient (Wildman–Crippen LogP) is 9.59. The summed E-state index contributed by atoms with van der Waals surface area (Å²) in [4.78, 5) is 56.4. The number of halogens is 6. The van der Waals surface area contributed by atoms with Gasteiger partial charge in [0.05, 0.1) is 26.5 Å². The second-order valence-electron chi connectivity index (χ2n) is 11.4. The van der Waals surface area contributed by atoms with Gasteiger partial charge in [-0.15, -0.1) is 0 Å². The summed E-state index contributed by atoms with van der Waals surface area (Å²) < 4.78 is 11.3. The van der Waals surface area contributed by atoms with Crippen LogP contribution in [-0.4, -0.2) is 46.4 Å². The zero-order valence-electron chi connectivity index (χ0n) is 29.0. The summed E-state index contributed by atoms with van der Waals surface area (Å²) in [6.07, 6.45) is 0.497. The molecule has 0 bridgehead atoms. The van der Waals surface area contributed by atoms with E-state index in [0.29, 0.717) is 51.0 Å². The number of carbonyl (C=O) groups is 5. The lowest BCUT2D eigenvalue weighted by atomic mass is 10.1. The van der Waals surface area contributed by atoms with Gasteiger partial charge in [0, 0.05) is 39.8 Å². The Morgan fingerprint density at radius 3 is 1.36 bits per heavy atom. The molecule has 4 rings (SSSR count). The highest BCUT2D eigenvalue weighted by atomic mass is 35.5. The van der Waals surface area contributed by atoms with E-state index in [-0.39, 0.29) is 68.6 Å². The van der Waals surface area contributed by atoms with E-state index in [4.69, 9.17) is 89.3 Å². The van der Waals surface area contributed by atoms with Crippen molar-refractivity contribution in [3.63, 3.8) is 0 Å².